The van der Waals surface area contributed by atoms with Crippen LogP contribution in [0.15, 0.2) is 82.1 Å². The molecule has 1 unspecified atom stereocenters. The molecule has 0 fully saturated rings. The van der Waals surface area contributed by atoms with E-state index in [9.17, 15) is 9.36 Å². The van der Waals surface area contributed by atoms with Gasteiger partial charge in [0.1, 0.15) is 5.82 Å². The Bertz CT molecular complexity index is 1360. The molecule has 0 spiro atoms. The van der Waals surface area contributed by atoms with Crippen LogP contribution in [0.25, 0.3) is 22.3 Å². The molecular weight excluding hydrogens is 489 g/mol. The second kappa shape index (κ2) is 9.51. The van der Waals surface area contributed by atoms with Gasteiger partial charge in [0.15, 0.2) is 0 Å². The maximum Gasteiger partial charge on any atom is 0.274 e. The molecular formula is C24H23BrN3O3P. The molecule has 0 bridgehead atoms. The number of benzene rings is 3. The van der Waals surface area contributed by atoms with Crippen molar-refractivity contribution >= 4 is 34.4 Å². The van der Waals surface area contributed by atoms with Gasteiger partial charge in [-0.2, -0.15) is 0 Å². The van der Waals surface area contributed by atoms with E-state index < -0.39 is 7.52 Å². The largest absolute Gasteiger partial charge is 0.321 e. The lowest BCUT2D eigenvalue weighted by Gasteiger charge is -2.18. The third kappa shape index (κ3) is 4.92. The summed E-state index contributed by atoms with van der Waals surface area (Å²) in [5.41, 5.74) is 3.24. The second-order valence-electron chi connectivity index (χ2n) is 7.49. The molecule has 6 nitrogen and oxygen atoms in total. The number of hydrogen-bond donors (Lipinski definition) is 1. The number of rotatable bonds is 7. The minimum absolute atomic E-state index is 0.101. The van der Waals surface area contributed by atoms with Crippen molar-refractivity contribution in [1.29, 1.82) is 0 Å². The van der Waals surface area contributed by atoms with E-state index in [-0.39, 0.29) is 11.7 Å². The number of aromatic nitrogens is 2. The summed E-state index contributed by atoms with van der Waals surface area (Å²) in [6.07, 6.45) is 0.258. The van der Waals surface area contributed by atoms with E-state index in [1.54, 1.807) is 17.7 Å². The molecule has 4 rings (SSSR count). The highest BCUT2D eigenvalue weighted by Gasteiger charge is 2.22. The molecule has 1 heterocycles. The fraction of sp³-hybridized carbons (Fsp3) is 0.167. The number of nitrogens with one attached hydrogen (secondary N) is 1. The summed E-state index contributed by atoms with van der Waals surface area (Å²) in [6.45, 7) is 0.461. The van der Waals surface area contributed by atoms with Crippen LogP contribution in [0.1, 0.15) is 11.1 Å². The Morgan fingerprint density at radius 1 is 1.03 bits per heavy atom. The van der Waals surface area contributed by atoms with Crippen LogP contribution in [0.5, 0.6) is 0 Å². The molecule has 0 radical (unpaired) electrons. The molecule has 3 aromatic carbocycles. The third-order valence-corrected chi connectivity index (χ3v) is 7.81. The van der Waals surface area contributed by atoms with Gasteiger partial charge in [0, 0.05) is 30.7 Å². The molecule has 0 saturated heterocycles. The van der Waals surface area contributed by atoms with Gasteiger partial charge >= 0.3 is 0 Å². The van der Waals surface area contributed by atoms with Crippen molar-refractivity contribution in [2.24, 2.45) is 7.05 Å². The normalized spacial score (nSPS) is 13.2. The van der Waals surface area contributed by atoms with Gasteiger partial charge < -0.3 is 4.52 Å². The van der Waals surface area contributed by atoms with Crippen molar-refractivity contribution < 1.29 is 9.09 Å². The smallest absolute Gasteiger partial charge is 0.274 e. The Kier molecular flexibility index (Phi) is 6.72. The Labute approximate surface area is 194 Å². The summed E-state index contributed by atoms with van der Waals surface area (Å²) in [5, 5.41) is 3.64. The Hall–Kier alpha value is -2.57. The van der Waals surface area contributed by atoms with E-state index in [1.807, 2.05) is 66.7 Å². The average Bonchev–Trinajstić information content (AvgIpc) is 2.81. The summed E-state index contributed by atoms with van der Waals surface area (Å²) in [5.74, 6) is 0.573. The van der Waals surface area contributed by atoms with E-state index in [1.165, 1.54) is 7.11 Å². The van der Waals surface area contributed by atoms with E-state index in [0.717, 1.165) is 21.2 Å². The van der Waals surface area contributed by atoms with Gasteiger partial charge in [-0.3, -0.25) is 13.9 Å². The second-order valence-corrected chi connectivity index (χ2v) is 10.8. The fourth-order valence-electron chi connectivity index (χ4n) is 3.49. The minimum Gasteiger partial charge on any atom is -0.321 e. The highest BCUT2D eigenvalue weighted by Crippen LogP contribution is 2.45. The maximum absolute atomic E-state index is 13.2. The van der Waals surface area contributed by atoms with Gasteiger partial charge in [0.25, 0.3) is 13.1 Å². The summed E-state index contributed by atoms with van der Waals surface area (Å²) < 4.78 is 20.9. The number of hydrogen-bond acceptors (Lipinski definition) is 4. The number of nitrogens with zero attached hydrogens (tertiary/aromatic N) is 2. The summed E-state index contributed by atoms with van der Waals surface area (Å²) >= 11 is 3.43. The average molecular weight is 512 g/mol. The van der Waals surface area contributed by atoms with Gasteiger partial charge in [-0.1, -0.05) is 70.5 Å². The summed E-state index contributed by atoms with van der Waals surface area (Å²) in [4.78, 5) is 17.5. The molecule has 32 heavy (non-hydrogen) atoms. The first-order valence-electron chi connectivity index (χ1n) is 10.1. The van der Waals surface area contributed by atoms with Gasteiger partial charge in [-0.25, -0.2) is 10.1 Å². The van der Waals surface area contributed by atoms with E-state index >= 15 is 0 Å². The van der Waals surface area contributed by atoms with Crippen molar-refractivity contribution in [2.45, 2.75) is 12.7 Å². The van der Waals surface area contributed by atoms with Gasteiger partial charge in [0.05, 0.1) is 17.1 Å². The van der Waals surface area contributed by atoms with Crippen LogP contribution in [0.4, 0.5) is 0 Å². The highest BCUT2D eigenvalue weighted by atomic mass is 79.9. The molecule has 1 N–H and O–H groups in total. The first-order chi connectivity index (χ1) is 15.4. The lowest BCUT2D eigenvalue weighted by molar-refractivity contribution is 0.380. The van der Waals surface area contributed by atoms with Crippen molar-refractivity contribution in [3.05, 3.63) is 98.7 Å². The zero-order chi connectivity index (χ0) is 22.7. The standard InChI is InChI=1S/C24H23BrN3O3P/c1-28-23(27-22-14-20(25)12-13-21(22)24(28)29)19-10-8-18(9-11-19)16-32(30,31-2)26-15-17-6-4-3-5-7-17/h3-14H,15-16H2,1-2H3,(H,26,30). The van der Waals surface area contributed by atoms with Crippen LogP contribution in [0, 0.1) is 0 Å². The molecule has 0 saturated carbocycles. The first kappa shape index (κ1) is 22.6. The van der Waals surface area contributed by atoms with E-state index in [2.05, 4.69) is 21.0 Å². The van der Waals surface area contributed by atoms with Gasteiger partial charge in [-0.15, -0.1) is 0 Å². The first-order valence-corrected chi connectivity index (χ1v) is 12.7. The van der Waals surface area contributed by atoms with Gasteiger partial charge in [0.2, 0.25) is 0 Å². The van der Waals surface area contributed by atoms with Crippen LogP contribution < -0.4 is 10.6 Å². The topological polar surface area (TPSA) is 73.2 Å². The zero-order valence-electron chi connectivity index (χ0n) is 17.8. The van der Waals surface area contributed by atoms with E-state index in [0.29, 0.717) is 23.3 Å². The Balaban J connectivity index is 1.57. The third-order valence-electron chi connectivity index (χ3n) is 5.30. The van der Waals surface area contributed by atoms with Crippen LogP contribution in [0.3, 0.4) is 0 Å². The van der Waals surface area contributed by atoms with E-state index in [4.69, 9.17) is 9.51 Å². The van der Waals surface area contributed by atoms with Crippen molar-refractivity contribution in [3.63, 3.8) is 0 Å². The maximum atomic E-state index is 13.2. The quantitative estimate of drug-likeness (QED) is 0.332. The van der Waals surface area contributed by atoms with Crippen LogP contribution in [-0.2, 0) is 28.8 Å². The SMILES string of the molecule is COP(=O)(Cc1ccc(-c2nc3cc(Br)ccc3c(=O)n2C)cc1)NCc1ccccc1. The lowest BCUT2D eigenvalue weighted by atomic mass is 10.1. The Morgan fingerprint density at radius 2 is 1.75 bits per heavy atom. The monoisotopic (exact) mass is 511 g/mol. The van der Waals surface area contributed by atoms with Crippen molar-refractivity contribution in [3.8, 4) is 11.4 Å². The lowest BCUT2D eigenvalue weighted by Crippen LogP contribution is -2.20. The molecule has 164 valence electrons. The molecule has 0 aliphatic carbocycles. The van der Waals surface area contributed by atoms with Crippen LogP contribution in [0.2, 0.25) is 0 Å². The van der Waals surface area contributed by atoms with Crippen LogP contribution in [-0.4, -0.2) is 16.7 Å². The van der Waals surface area contributed by atoms with Crippen molar-refractivity contribution in [1.82, 2.24) is 14.6 Å². The molecule has 1 atom stereocenters. The Morgan fingerprint density at radius 3 is 2.44 bits per heavy atom. The molecule has 4 aromatic rings. The molecule has 1 aromatic heterocycles. The predicted molar refractivity (Wildman–Crippen MR) is 132 cm³/mol. The van der Waals surface area contributed by atoms with Crippen molar-refractivity contribution in [2.75, 3.05) is 7.11 Å². The molecule has 0 amide bonds. The highest BCUT2D eigenvalue weighted by molar-refractivity contribution is 9.10. The zero-order valence-corrected chi connectivity index (χ0v) is 20.3. The van der Waals surface area contributed by atoms with Gasteiger partial charge in [-0.05, 0) is 29.3 Å². The summed E-state index contributed by atoms with van der Waals surface area (Å²) in [6, 6.07) is 22.8. The molecule has 0 aliphatic rings. The molecule has 0 aliphatic heterocycles. The minimum atomic E-state index is -3.06. The van der Waals surface area contributed by atoms with Crippen LogP contribution >= 0.6 is 23.4 Å². The molecule has 8 heteroatoms. The predicted octanol–water partition coefficient (Wildman–Crippen LogP) is 5.49. The summed E-state index contributed by atoms with van der Waals surface area (Å²) in [7, 11) is 0.117. The number of fused-ring (bicyclic) bond motifs is 1. The number of halogens is 1. The fourth-order valence-corrected chi connectivity index (χ4v) is 5.33.